The molecule has 154 valence electrons. The number of halogens is 1. The average molecular weight is 408 g/mol. The van der Waals surface area contributed by atoms with E-state index in [1.54, 1.807) is 67.6 Å². The lowest BCUT2D eigenvalue weighted by atomic mass is 10.1. The van der Waals surface area contributed by atoms with Crippen LogP contribution in [0.1, 0.15) is 15.9 Å². The molecule has 30 heavy (non-hydrogen) atoms. The van der Waals surface area contributed by atoms with Gasteiger partial charge in [-0.1, -0.05) is 24.3 Å². The van der Waals surface area contributed by atoms with Gasteiger partial charge in [0.15, 0.2) is 18.1 Å². The molecule has 0 spiro atoms. The second-order valence-electron chi connectivity index (χ2n) is 6.49. The van der Waals surface area contributed by atoms with Crippen molar-refractivity contribution in [3.8, 4) is 11.5 Å². The van der Waals surface area contributed by atoms with Gasteiger partial charge < -0.3 is 20.1 Å². The van der Waals surface area contributed by atoms with Gasteiger partial charge in [0, 0.05) is 16.9 Å². The third-order valence-corrected chi connectivity index (χ3v) is 4.27. The molecule has 3 aromatic rings. The molecule has 0 aliphatic carbocycles. The van der Waals surface area contributed by atoms with E-state index in [1.807, 2.05) is 0 Å². The Bertz CT molecular complexity index is 1070. The summed E-state index contributed by atoms with van der Waals surface area (Å²) < 4.78 is 24.4. The van der Waals surface area contributed by atoms with Gasteiger partial charge in [0.1, 0.15) is 5.82 Å². The Kier molecular flexibility index (Phi) is 6.64. The van der Waals surface area contributed by atoms with Crippen LogP contribution in [0, 0.1) is 12.7 Å². The van der Waals surface area contributed by atoms with Crippen molar-refractivity contribution in [2.24, 2.45) is 0 Å². The van der Waals surface area contributed by atoms with E-state index in [0.29, 0.717) is 28.4 Å². The molecule has 0 radical (unpaired) electrons. The van der Waals surface area contributed by atoms with Gasteiger partial charge in [0.25, 0.3) is 11.8 Å². The summed E-state index contributed by atoms with van der Waals surface area (Å²) >= 11 is 0. The van der Waals surface area contributed by atoms with E-state index in [2.05, 4.69) is 10.6 Å². The summed E-state index contributed by atoms with van der Waals surface area (Å²) in [6.07, 6.45) is 0. The van der Waals surface area contributed by atoms with Crippen LogP contribution in [-0.4, -0.2) is 25.5 Å². The van der Waals surface area contributed by atoms with E-state index in [-0.39, 0.29) is 18.1 Å². The van der Waals surface area contributed by atoms with Crippen molar-refractivity contribution in [2.45, 2.75) is 6.92 Å². The molecule has 0 bridgehead atoms. The highest BCUT2D eigenvalue weighted by Gasteiger charge is 2.10. The molecule has 6 nitrogen and oxygen atoms in total. The summed E-state index contributed by atoms with van der Waals surface area (Å²) in [6, 6.07) is 17.9. The summed E-state index contributed by atoms with van der Waals surface area (Å²) in [4.78, 5) is 24.5. The lowest BCUT2D eigenvalue weighted by Gasteiger charge is -2.11. The first-order chi connectivity index (χ1) is 14.5. The molecule has 0 heterocycles. The van der Waals surface area contributed by atoms with Crippen molar-refractivity contribution in [1.29, 1.82) is 0 Å². The Morgan fingerprint density at radius 1 is 0.900 bits per heavy atom. The van der Waals surface area contributed by atoms with Gasteiger partial charge in [-0.3, -0.25) is 9.59 Å². The molecule has 0 fully saturated rings. The number of anilines is 2. The molecule has 7 heteroatoms. The fourth-order valence-electron chi connectivity index (χ4n) is 2.69. The number of nitrogens with one attached hydrogen (secondary N) is 2. The van der Waals surface area contributed by atoms with E-state index in [0.717, 1.165) is 0 Å². The number of carbonyl (C=O) groups is 2. The van der Waals surface area contributed by atoms with Crippen molar-refractivity contribution in [2.75, 3.05) is 24.4 Å². The minimum absolute atomic E-state index is 0.206. The Morgan fingerprint density at radius 3 is 2.30 bits per heavy atom. The number of rotatable bonds is 7. The monoisotopic (exact) mass is 408 g/mol. The first-order valence-corrected chi connectivity index (χ1v) is 9.19. The van der Waals surface area contributed by atoms with Crippen LogP contribution in [0.4, 0.5) is 15.8 Å². The molecule has 0 saturated heterocycles. The van der Waals surface area contributed by atoms with Crippen LogP contribution < -0.4 is 20.1 Å². The third kappa shape index (κ3) is 5.35. The molecule has 0 unspecified atom stereocenters. The Hall–Kier alpha value is -3.87. The number of hydrogen-bond donors (Lipinski definition) is 2. The Morgan fingerprint density at radius 2 is 1.60 bits per heavy atom. The van der Waals surface area contributed by atoms with E-state index in [9.17, 15) is 14.0 Å². The van der Waals surface area contributed by atoms with Crippen molar-refractivity contribution >= 4 is 23.2 Å². The highest BCUT2D eigenvalue weighted by atomic mass is 19.1. The van der Waals surface area contributed by atoms with Crippen molar-refractivity contribution < 1.29 is 23.5 Å². The zero-order valence-corrected chi connectivity index (χ0v) is 16.6. The SMILES string of the molecule is COc1ccccc1OCC(=O)Nc1cccc(NC(=O)c2ccc(C)c(F)c2)c1. The summed E-state index contributed by atoms with van der Waals surface area (Å²) in [5, 5.41) is 5.39. The number of aryl methyl sites for hydroxylation is 1. The fourth-order valence-corrected chi connectivity index (χ4v) is 2.69. The number of amides is 2. The first kappa shape index (κ1) is 20.9. The smallest absolute Gasteiger partial charge is 0.262 e. The first-order valence-electron chi connectivity index (χ1n) is 9.19. The summed E-state index contributed by atoms with van der Waals surface area (Å²) in [5.74, 6) is -0.273. The maximum atomic E-state index is 13.7. The highest BCUT2D eigenvalue weighted by Crippen LogP contribution is 2.25. The largest absolute Gasteiger partial charge is 0.493 e. The zero-order valence-electron chi connectivity index (χ0n) is 16.6. The lowest BCUT2D eigenvalue weighted by molar-refractivity contribution is -0.118. The normalized spacial score (nSPS) is 10.2. The molecule has 2 N–H and O–H groups in total. The fraction of sp³-hybridized carbons (Fsp3) is 0.130. The average Bonchev–Trinajstić information content (AvgIpc) is 2.74. The standard InChI is InChI=1S/C23H21FN2O4/c1-15-10-11-16(12-19(15)24)23(28)26-18-7-5-6-17(13-18)25-22(27)14-30-21-9-4-3-8-20(21)29-2/h3-13H,14H2,1-2H3,(H,25,27)(H,26,28). The summed E-state index contributed by atoms with van der Waals surface area (Å²) in [5.41, 5.74) is 1.62. The maximum Gasteiger partial charge on any atom is 0.262 e. The second-order valence-corrected chi connectivity index (χ2v) is 6.49. The molecule has 3 rings (SSSR count). The van der Waals surface area contributed by atoms with Gasteiger partial charge >= 0.3 is 0 Å². The molecule has 0 aliphatic heterocycles. The quantitative estimate of drug-likeness (QED) is 0.607. The van der Waals surface area contributed by atoms with Crippen LogP contribution in [0.5, 0.6) is 11.5 Å². The third-order valence-electron chi connectivity index (χ3n) is 4.27. The molecule has 0 atom stereocenters. The highest BCUT2D eigenvalue weighted by molar-refractivity contribution is 6.04. The summed E-state index contributed by atoms with van der Waals surface area (Å²) in [7, 11) is 1.52. The van der Waals surface area contributed by atoms with Gasteiger partial charge in [-0.15, -0.1) is 0 Å². The minimum atomic E-state index is -0.447. The molecule has 2 amide bonds. The van der Waals surface area contributed by atoms with Gasteiger partial charge in [0.05, 0.1) is 7.11 Å². The van der Waals surface area contributed by atoms with E-state index >= 15 is 0 Å². The van der Waals surface area contributed by atoms with Crippen LogP contribution in [0.3, 0.4) is 0 Å². The topological polar surface area (TPSA) is 76.7 Å². The molecule has 3 aromatic carbocycles. The molecular formula is C23H21FN2O4. The van der Waals surface area contributed by atoms with Crippen molar-refractivity contribution in [1.82, 2.24) is 0 Å². The van der Waals surface area contributed by atoms with Crippen LogP contribution in [-0.2, 0) is 4.79 Å². The zero-order chi connectivity index (χ0) is 21.5. The molecule has 0 aromatic heterocycles. The number of para-hydroxylation sites is 2. The van der Waals surface area contributed by atoms with Gasteiger partial charge in [-0.25, -0.2) is 4.39 Å². The molecule has 0 aliphatic rings. The summed E-state index contributed by atoms with van der Waals surface area (Å²) in [6.45, 7) is 1.42. The van der Waals surface area contributed by atoms with E-state index in [4.69, 9.17) is 9.47 Å². The number of ether oxygens (including phenoxy) is 2. The van der Waals surface area contributed by atoms with E-state index < -0.39 is 11.7 Å². The number of carbonyl (C=O) groups excluding carboxylic acids is 2. The number of methoxy groups -OCH3 is 1. The van der Waals surface area contributed by atoms with Crippen molar-refractivity contribution in [3.05, 3.63) is 83.7 Å². The van der Waals surface area contributed by atoms with Crippen molar-refractivity contribution in [3.63, 3.8) is 0 Å². The predicted molar refractivity (Wildman–Crippen MR) is 113 cm³/mol. The van der Waals surface area contributed by atoms with E-state index in [1.165, 1.54) is 13.2 Å². The number of hydrogen-bond acceptors (Lipinski definition) is 4. The number of benzene rings is 3. The van der Waals surface area contributed by atoms with Gasteiger partial charge in [-0.2, -0.15) is 0 Å². The van der Waals surface area contributed by atoms with Crippen LogP contribution in [0.2, 0.25) is 0 Å². The predicted octanol–water partition coefficient (Wildman–Crippen LogP) is 4.41. The Labute approximate surface area is 173 Å². The van der Waals surface area contributed by atoms with Crippen LogP contribution in [0.15, 0.2) is 66.7 Å². The van der Waals surface area contributed by atoms with Gasteiger partial charge in [-0.05, 0) is 55.0 Å². The van der Waals surface area contributed by atoms with Gasteiger partial charge in [0.2, 0.25) is 0 Å². The second kappa shape index (κ2) is 9.56. The van der Waals surface area contributed by atoms with Crippen LogP contribution in [0.25, 0.3) is 0 Å². The maximum absolute atomic E-state index is 13.7. The molecular weight excluding hydrogens is 387 g/mol. The van der Waals surface area contributed by atoms with Crippen LogP contribution >= 0.6 is 0 Å². The molecule has 0 saturated carbocycles. The Balaban J connectivity index is 1.60. The lowest BCUT2D eigenvalue weighted by Crippen LogP contribution is -2.20. The minimum Gasteiger partial charge on any atom is -0.493 e.